The van der Waals surface area contributed by atoms with Crippen molar-refractivity contribution in [3.63, 3.8) is 0 Å². The van der Waals surface area contributed by atoms with Crippen molar-refractivity contribution < 1.29 is 14.3 Å². The van der Waals surface area contributed by atoms with E-state index < -0.39 is 0 Å². The number of carbonyl (C=O) groups is 1. The lowest BCUT2D eigenvalue weighted by Crippen LogP contribution is -2.47. The highest BCUT2D eigenvalue weighted by Crippen LogP contribution is 2.22. The average Bonchev–Trinajstić information content (AvgIpc) is 2.55. The first-order valence-electron chi connectivity index (χ1n) is 7.43. The summed E-state index contributed by atoms with van der Waals surface area (Å²) in [5.74, 6) is 0.675. The van der Waals surface area contributed by atoms with Crippen molar-refractivity contribution in [2.75, 3.05) is 40.5 Å². The zero-order valence-corrected chi connectivity index (χ0v) is 12.8. The second kappa shape index (κ2) is 8.00. The molecule has 1 aromatic carbocycles. The van der Waals surface area contributed by atoms with Crippen LogP contribution in [0.15, 0.2) is 24.3 Å². The smallest absolute Gasteiger partial charge is 0.257 e. The number of hydrogen-bond donors (Lipinski definition) is 1. The van der Waals surface area contributed by atoms with Gasteiger partial charge in [0, 0.05) is 26.2 Å². The fraction of sp³-hybridized carbons (Fsp3) is 0.562. The third kappa shape index (κ3) is 4.19. The quantitative estimate of drug-likeness (QED) is 0.808. The Bertz CT molecular complexity index is 465. The van der Waals surface area contributed by atoms with E-state index in [0.29, 0.717) is 30.6 Å². The SMILES string of the molecule is CN[C@@H]1CCCN(C(=O)c2ccccc2OCCOC)C1. The van der Waals surface area contributed by atoms with Crippen LogP contribution in [0.25, 0.3) is 0 Å². The molecule has 1 heterocycles. The number of benzene rings is 1. The van der Waals surface area contributed by atoms with Gasteiger partial charge in [0.05, 0.1) is 12.2 Å². The van der Waals surface area contributed by atoms with Gasteiger partial charge < -0.3 is 19.7 Å². The van der Waals surface area contributed by atoms with Crippen molar-refractivity contribution in [2.45, 2.75) is 18.9 Å². The van der Waals surface area contributed by atoms with Gasteiger partial charge in [0.2, 0.25) is 0 Å². The molecule has 1 aliphatic rings. The second-order valence-corrected chi connectivity index (χ2v) is 5.22. The van der Waals surface area contributed by atoms with Crippen LogP contribution in [0, 0.1) is 0 Å². The Kier molecular flexibility index (Phi) is 6.02. The van der Waals surface area contributed by atoms with Gasteiger partial charge in [-0.3, -0.25) is 4.79 Å². The molecule has 1 N–H and O–H groups in total. The standard InChI is InChI=1S/C16H24N2O3/c1-17-13-6-5-9-18(12-13)16(19)14-7-3-4-8-15(14)21-11-10-20-2/h3-4,7-8,13,17H,5-6,9-12H2,1-2H3/t13-/m1/s1. The molecule has 1 amide bonds. The highest BCUT2D eigenvalue weighted by Gasteiger charge is 2.25. The fourth-order valence-corrected chi connectivity index (χ4v) is 2.57. The molecule has 21 heavy (non-hydrogen) atoms. The van der Waals surface area contributed by atoms with Gasteiger partial charge in [-0.25, -0.2) is 0 Å². The van der Waals surface area contributed by atoms with Gasteiger partial charge in [-0.2, -0.15) is 0 Å². The largest absolute Gasteiger partial charge is 0.490 e. The number of nitrogens with one attached hydrogen (secondary N) is 1. The Morgan fingerprint density at radius 2 is 2.19 bits per heavy atom. The zero-order chi connectivity index (χ0) is 15.1. The van der Waals surface area contributed by atoms with E-state index in [1.54, 1.807) is 7.11 Å². The molecule has 116 valence electrons. The van der Waals surface area contributed by atoms with Gasteiger partial charge in [-0.15, -0.1) is 0 Å². The van der Waals surface area contributed by atoms with Crippen LogP contribution in [0.3, 0.4) is 0 Å². The van der Waals surface area contributed by atoms with Gasteiger partial charge in [-0.05, 0) is 32.0 Å². The number of carbonyl (C=O) groups excluding carboxylic acids is 1. The van der Waals surface area contributed by atoms with Crippen molar-refractivity contribution in [1.29, 1.82) is 0 Å². The van der Waals surface area contributed by atoms with Crippen molar-refractivity contribution in [3.8, 4) is 5.75 Å². The molecule has 1 aliphatic heterocycles. The van der Waals surface area contributed by atoms with Crippen LogP contribution in [0.2, 0.25) is 0 Å². The molecule has 1 fully saturated rings. The lowest BCUT2D eigenvalue weighted by atomic mass is 10.0. The summed E-state index contributed by atoms with van der Waals surface area (Å²) >= 11 is 0. The van der Waals surface area contributed by atoms with Gasteiger partial charge >= 0.3 is 0 Å². The Labute approximate surface area is 126 Å². The Morgan fingerprint density at radius 1 is 1.38 bits per heavy atom. The zero-order valence-electron chi connectivity index (χ0n) is 12.8. The number of amides is 1. The first-order chi connectivity index (χ1) is 10.3. The molecule has 1 saturated heterocycles. The summed E-state index contributed by atoms with van der Waals surface area (Å²) in [6.45, 7) is 2.51. The molecule has 1 atom stereocenters. The summed E-state index contributed by atoms with van der Waals surface area (Å²) in [5, 5.41) is 3.26. The fourth-order valence-electron chi connectivity index (χ4n) is 2.57. The van der Waals surface area contributed by atoms with Gasteiger partial charge in [-0.1, -0.05) is 12.1 Å². The van der Waals surface area contributed by atoms with Crippen LogP contribution in [0.4, 0.5) is 0 Å². The van der Waals surface area contributed by atoms with E-state index in [-0.39, 0.29) is 5.91 Å². The molecule has 2 rings (SSSR count). The lowest BCUT2D eigenvalue weighted by molar-refractivity contribution is 0.0691. The maximum absolute atomic E-state index is 12.7. The van der Waals surface area contributed by atoms with Crippen LogP contribution in [0.1, 0.15) is 23.2 Å². The van der Waals surface area contributed by atoms with Crippen molar-refractivity contribution in [2.24, 2.45) is 0 Å². The van der Waals surface area contributed by atoms with Crippen LogP contribution in [-0.4, -0.2) is 57.3 Å². The van der Waals surface area contributed by atoms with Gasteiger partial charge in [0.1, 0.15) is 12.4 Å². The summed E-state index contributed by atoms with van der Waals surface area (Å²) in [6, 6.07) is 7.79. The monoisotopic (exact) mass is 292 g/mol. The summed E-state index contributed by atoms with van der Waals surface area (Å²) < 4.78 is 10.6. The molecule has 5 nitrogen and oxygen atoms in total. The van der Waals surface area contributed by atoms with E-state index in [1.807, 2.05) is 36.2 Å². The normalized spacial score (nSPS) is 18.6. The Morgan fingerprint density at radius 3 is 2.95 bits per heavy atom. The molecule has 0 spiro atoms. The summed E-state index contributed by atoms with van der Waals surface area (Å²) in [7, 11) is 3.58. The second-order valence-electron chi connectivity index (χ2n) is 5.22. The summed E-state index contributed by atoms with van der Waals surface area (Å²) in [6.07, 6.45) is 2.15. The lowest BCUT2D eigenvalue weighted by Gasteiger charge is -2.33. The number of para-hydroxylation sites is 1. The van der Waals surface area contributed by atoms with E-state index in [1.165, 1.54) is 0 Å². The molecule has 0 radical (unpaired) electrons. The molecule has 0 saturated carbocycles. The maximum Gasteiger partial charge on any atom is 0.257 e. The third-order valence-corrected chi connectivity index (χ3v) is 3.78. The number of hydrogen-bond acceptors (Lipinski definition) is 4. The molecule has 0 aliphatic carbocycles. The number of methoxy groups -OCH3 is 1. The van der Waals surface area contributed by atoms with Crippen molar-refractivity contribution in [1.82, 2.24) is 10.2 Å². The number of ether oxygens (including phenoxy) is 2. The highest BCUT2D eigenvalue weighted by molar-refractivity contribution is 5.97. The Hall–Kier alpha value is -1.59. The van der Waals surface area contributed by atoms with Crippen LogP contribution >= 0.6 is 0 Å². The predicted octanol–water partition coefficient (Wildman–Crippen LogP) is 1.54. The molecule has 0 bridgehead atoms. The van der Waals surface area contributed by atoms with Gasteiger partial charge in [0.15, 0.2) is 0 Å². The number of likely N-dealkylation sites (N-methyl/N-ethyl adjacent to an activating group) is 1. The minimum Gasteiger partial charge on any atom is -0.490 e. The predicted molar refractivity (Wildman–Crippen MR) is 81.8 cm³/mol. The third-order valence-electron chi connectivity index (χ3n) is 3.78. The van der Waals surface area contributed by atoms with Crippen LogP contribution < -0.4 is 10.1 Å². The van der Waals surface area contributed by atoms with E-state index in [0.717, 1.165) is 25.9 Å². The van der Waals surface area contributed by atoms with E-state index in [9.17, 15) is 4.79 Å². The molecular formula is C16H24N2O3. The van der Waals surface area contributed by atoms with E-state index in [4.69, 9.17) is 9.47 Å². The van der Waals surface area contributed by atoms with Crippen LogP contribution in [0.5, 0.6) is 5.75 Å². The summed E-state index contributed by atoms with van der Waals surface area (Å²) in [5.41, 5.74) is 0.630. The number of likely N-dealkylation sites (tertiary alicyclic amines) is 1. The van der Waals surface area contributed by atoms with Crippen LogP contribution in [-0.2, 0) is 4.74 Å². The van der Waals surface area contributed by atoms with Gasteiger partial charge in [0.25, 0.3) is 5.91 Å². The molecule has 0 unspecified atom stereocenters. The van der Waals surface area contributed by atoms with Crippen molar-refractivity contribution in [3.05, 3.63) is 29.8 Å². The first kappa shape index (κ1) is 15.8. The van der Waals surface area contributed by atoms with Crippen molar-refractivity contribution >= 4 is 5.91 Å². The molecular weight excluding hydrogens is 268 g/mol. The minimum atomic E-state index is 0.0444. The number of nitrogens with zero attached hydrogens (tertiary/aromatic N) is 1. The highest BCUT2D eigenvalue weighted by atomic mass is 16.5. The molecule has 1 aromatic rings. The topological polar surface area (TPSA) is 50.8 Å². The Balaban J connectivity index is 2.07. The average molecular weight is 292 g/mol. The summed E-state index contributed by atoms with van der Waals surface area (Å²) in [4.78, 5) is 14.6. The maximum atomic E-state index is 12.7. The molecule has 0 aromatic heterocycles. The first-order valence-corrected chi connectivity index (χ1v) is 7.43. The van der Waals surface area contributed by atoms with E-state index in [2.05, 4.69) is 5.32 Å². The van der Waals surface area contributed by atoms with E-state index >= 15 is 0 Å². The minimum absolute atomic E-state index is 0.0444. The number of rotatable bonds is 6. The number of piperidine rings is 1. The molecule has 5 heteroatoms.